The van der Waals surface area contributed by atoms with Gasteiger partial charge < -0.3 is 19.7 Å². The van der Waals surface area contributed by atoms with Crippen molar-refractivity contribution in [2.45, 2.75) is 26.1 Å². The summed E-state index contributed by atoms with van der Waals surface area (Å²) in [6.07, 6.45) is 0.844. The van der Waals surface area contributed by atoms with E-state index in [1.54, 1.807) is 11.5 Å². The first-order valence-corrected chi connectivity index (χ1v) is 5.15. The third-order valence-corrected chi connectivity index (χ3v) is 2.14. The molecule has 1 aromatic heterocycles. The number of aromatic nitrogens is 1. The average Bonchev–Trinajstić information content (AvgIpc) is 2.11. The lowest BCUT2D eigenvalue weighted by Crippen LogP contribution is -2.22. The lowest BCUT2D eigenvalue weighted by molar-refractivity contribution is 0.170. The zero-order valence-electron chi connectivity index (χ0n) is 9.84. The molecule has 5 heteroatoms. The Balaban J connectivity index is 3.11. The quantitative estimate of drug-likeness (QED) is 0.758. The van der Waals surface area contributed by atoms with Crippen LogP contribution in [0.5, 0.6) is 5.75 Å². The van der Waals surface area contributed by atoms with Crippen LogP contribution in [0.15, 0.2) is 17.1 Å². The third-order valence-electron chi connectivity index (χ3n) is 2.14. The van der Waals surface area contributed by atoms with Crippen molar-refractivity contribution in [1.29, 1.82) is 0 Å². The Morgan fingerprint density at radius 1 is 1.50 bits per heavy atom. The van der Waals surface area contributed by atoms with Gasteiger partial charge in [-0.25, -0.2) is 0 Å². The van der Waals surface area contributed by atoms with Crippen LogP contribution in [0.4, 0.5) is 0 Å². The molecule has 1 rings (SSSR count). The van der Waals surface area contributed by atoms with E-state index in [0.29, 0.717) is 13.1 Å². The molecule has 90 valence electrons. The van der Waals surface area contributed by atoms with Gasteiger partial charge in [0, 0.05) is 24.8 Å². The minimum Gasteiger partial charge on any atom is -0.503 e. The molecule has 1 heterocycles. The van der Waals surface area contributed by atoms with E-state index in [2.05, 4.69) is 0 Å². The molecule has 0 fully saturated rings. The average molecular weight is 226 g/mol. The number of aliphatic hydroxyl groups excluding tert-OH is 1. The molecule has 0 aliphatic rings. The summed E-state index contributed by atoms with van der Waals surface area (Å²) in [7, 11) is 3.79. The lowest BCUT2D eigenvalue weighted by atomic mass is 10.2. The van der Waals surface area contributed by atoms with Crippen LogP contribution in [0.25, 0.3) is 0 Å². The summed E-state index contributed by atoms with van der Waals surface area (Å²) in [6, 6.07) is 1.40. The molecule has 1 atom stereocenters. The van der Waals surface area contributed by atoms with Crippen molar-refractivity contribution in [2.24, 2.45) is 0 Å². The summed E-state index contributed by atoms with van der Waals surface area (Å²) in [5.41, 5.74) is 0.382. The molecule has 0 spiro atoms. The van der Waals surface area contributed by atoms with Crippen LogP contribution in [0.3, 0.4) is 0 Å². The summed E-state index contributed by atoms with van der Waals surface area (Å²) in [4.78, 5) is 13.2. The van der Waals surface area contributed by atoms with Crippen molar-refractivity contribution >= 4 is 0 Å². The third kappa shape index (κ3) is 3.36. The van der Waals surface area contributed by atoms with Crippen molar-refractivity contribution in [1.82, 2.24) is 9.47 Å². The van der Waals surface area contributed by atoms with Gasteiger partial charge in [0.1, 0.15) is 0 Å². The first-order chi connectivity index (χ1) is 7.40. The smallest absolute Gasteiger partial charge is 0.223 e. The van der Waals surface area contributed by atoms with E-state index in [9.17, 15) is 15.0 Å². The summed E-state index contributed by atoms with van der Waals surface area (Å²) in [5, 5.41) is 18.7. The number of aliphatic hydroxyl groups is 1. The molecule has 0 aliphatic carbocycles. The van der Waals surface area contributed by atoms with Gasteiger partial charge in [-0.05, 0) is 21.0 Å². The molecular weight excluding hydrogens is 208 g/mol. The van der Waals surface area contributed by atoms with E-state index in [0.717, 1.165) is 5.69 Å². The monoisotopic (exact) mass is 226 g/mol. The Morgan fingerprint density at radius 2 is 2.12 bits per heavy atom. The van der Waals surface area contributed by atoms with Gasteiger partial charge in [0.2, 0.25) is 5.43 Å². The highest BCUT2D eigenvalue weighted by molar-refractivity contribution is 5.20. The van der Waals surface area contributed by atoms with Crippen molar-refractivity contribution in [3.8, 4) is 5.75 Å². The first-order valence-electron chi connectivity index (χ1n) is 5.15. The summed E-state index contributed by atoms with van der Waals surface area (Å²) in [6.45, 7) is 2.61. The van der Waals surface area contributed by atoms with Crippen LogP contribution in [0, 0.1) is 0 Å². The standard InChI is InChI=1S/C11H18N2O3/c1-8(14)5-13-7-11(16)10(15)4-9(13)6-12(2)3/h4,7-8,14,16H,5-6H2,1-3H3. The van der Waals surface area contributed by atoms with Crippen molar-refractivity contribution < 1.29 is 10.2 Å². The van der Waals surface area contributed by atoms with Crippen molar-refractivity contribution in [2.75, 3.05) is 14.1 Å². The summed E-state index contributed by atoms with van der Waals surface area (Å²) in [5.74, 6) is -0.289. The highest BCUT2D eigenvalue weighted by Gasteiger charge is 2.08. The van der Waals surface area contributed by atoms with Gasteiger partial charge in [-0.2, -0.15) is 0 Å². The molecule has 16 heavy (non-hydrogen) atoms. The largest absolute Gasteiger partial charge is 0.503 e. The van der Waals surface area contributed by atoms with Crippen LogP contribution in [-0.2, 0) is 13.1 Å². The predicted molar refractivity (Wildman–Crippen MR) is 61.4 cm³/mol. The molecule has 0 amide bonds. The molecule has 0 saturated carbocycles. The zero-order chi connectivity index (χ0) is 12.3. The van der Waals surface area contributed by atoms with Crippen LogP contribution in [-0.4, -0.2) is 39.9 Å². The maximum Gasteiger partial charge on any atom is 0.223 e. The number of rotatable bonds is 4. The van der Waals surface area contributed by atoms with Gasteiger partial charge in [0.05, 0.1) is 12.3 Å². The Morgan fingerprint density at radius 3 is 2.62 bits per heavy atom. The number of nitrogens with zero attached hydrogens (tertiary/aromatic N) is 2. The SMILES string of the molecule is CC(O)Cn1cc(O)c(=O)cc1CN(C)C. The van der Waals surface area contributed by atoms with Gasteiger partial charge in [-0.1, -0.05) is 0 Å². The summed E-state index contributed by atoms with van der Waals surface area (Å²) < 4.78 is 1.70. The minimum atomic E-state index is -0.525. The van der Waals surface area contributed by atoms with Crippen LogP contribution in [0.2, 0.25) is 0 Å². The summed E-state index contributed by atoms with van der Waals surface area (Å²) >= 11 is 0. The van der Waals surface area contributed by atoms with Crippen LogP contribution in [0.1, 0.15) is 12.6 Å². The van der Waals surface area contributed by atoms with E-state index in [1.165, 1.54) is 12.3 Å². The van der Waals surface area contributed by atoms with E-state index < -0.39 is 11.5 Å². The lowest BCUT2D eigenvalue weighted by Gasteiger charge is -2.18. The van der Waals surface area contributed by atoms with Crippen molar-refractivity contribution in [3.05, 3.63) is 28.2 Å². The van der Waals surface area contributed by atoms with E-state index in [-0.39, 0.29) is 5.75 Å². The zero-order valence-corrected chi connectivity index (χ0v) is 9.84. The highest BCUT2D eigenvalue weighted by atomic mass is 16.3. The molecule has 1 aromatic rings. The number of hydrogen-bond donors (Lipinski definition) is 2. The fourth-order valence-electron chi connectivity index (χ4n) is 1.52. The second-order valence-electron chi connectivity index (χ2n) is 4.25. The molecule has 2 N–H and O–H groups in total. The topological polar surface area (TPSA) is 65.7 Å². The van der Waals surface area contributed by atoms with Crippen molar-refractivity contribution in [3.63, 3.8) is 0 Å². The van der Waals surface area contributed by atoms with E-state index >= 15 is 0 Å². The van der Waals surface area contributed by atoms with Gasteiger partial charge in [0.15, 0.2) is 5.75 Å². The minimum absolute atomic E-state index is 0.289. The fraction of sp³-hybridized carbons (Fsp3) is 0.545. The number of pyridine rings is 1. The van der Waals surface area contributed by atoms with Crippen LogP contribution >= 0.6 is 0 Å². The van der Waals surface area contributed by atoms with Gasteiger partial charge >= 0.3 is 0 Å². The highest BCUT2D eigenvalue weighted by Crippen LogP contribution is 2.08. The molecule has 1 unspecified atom stereocenters. The first kappa shape index (κ1) is 12.7. The van der Waals surface area contributed by atoms with Gasteiger partial charge in [-0.15, -0.1) is 0 Å². The Hall–Kier alpha value is -1.33. The second kappa shape index (κ2) is 5.14. The normalized spacial score (nSPS) is 13.1. The molecular formula is C11H18N2O3. The molecule has 0 aromatic carbocycles. The van der Waals surface area contributed by atoms with Gasteiger partial charge in [-0.3, -0.25) is 4.79 Å². The molecule has 0 radical (unpaired) electrons. The number of aromatic hydroxyl groups is 1. The van der Waals surface area contributed by atoms with E-state index in [1.807, 2.05) is 19.0 Å². The molecule has 5 nitrogen and oxygen atoms in total. The molecule has 0 bridgehead atoms. The Labute approximate surface area is 94.6 Å². The second-order valence-corrected chi connectivity index (χ2v) is 4.25. The Bertz CT molecular complexity index is 410. The fourth-order valence-corrected chi connectivity index (χ4v) is 1.52. The Kier molecular flexibility index (Phi) is 4.09. The van der Waals surface area contributed by atoms with Gasteiger partial charge in [0.25, 0.3) is 0 Å². The molecule has 0 aliphatic heterocycles. The molecule has 0 saturated heterocycles. The van der Waals surface area contributed by atoms with E-state index in [4.69, 9.17) is 0 Å². The maximum absolute atomic E-state index is 11.3. The maximum atomic E-state index is 11.3. The predicted octanol–water partition coefficient (Wildman–Crippen LogP) is -0.00370. The number of hydrogen-bond acceptors (Lipinski definition) is 4. The van der Waals surface area contributed by atoms with Crippen LogP contribution < -0.4 is 5.43 Å².